The highest BCUT2D eigenvalue weighted by molar-refractivity contribution is 6.19. The Morgan fingerprint density at radius 3 is 2.45 bits per heavy atom. The normalized spacial score (nSPS) is 14.5. The Kier molecular flexibility index (Phi) is 7.43. The number of rotatable bonds is 5. The van der Waals surface area contributed by atoms with Crippen LogP contribution in [0.2, 0.25) is 0 Å². The minimum Gasteiger partial charge on any atom is -0.507 e. The summed E-state index contributed by atoms with van der Waals surface area (Å²) in [5, 5.41) is 18.4. The number of amides is 3. The Hall–Kier alpha value is -5.02. The van der Waals surface area contributed by atoms with Crippen LogP contribution in [0.1, 0.15) is 53.2 Å². The lowest BCUT2D eigenvalue weighted by Gasteiger charge is -2.19. The summed E-state index contributed by atoms with van der Waals surface area (Å²) in [7, 11) is 0. The van der Waals surface area contributed by atoms with E-state index in [1.54, 1.807) is 80.3 Å². The van der Waals surface area contributed by atoms with Gasteiger partial charge in [0.15, 0.2) is 5.76 Å². The number of nitrogens with zero attached hydrogens (tertiary/aromatic N) is 1. The van der Waals surface area contributed by atoms with Gasteiger partial charge in [-0.2, -0.15) is 0 Å². The zero-order valence-electron chi connectivity index (χ0n) is 24.3. The molecule has 0 fully saturated rings. The van der Waals surface area contributed by atoms with Crippen LogP contribution in [-0.4, -0.2) is 41.0 Å². The first-order chi connectivity index (χ1) is 21.0. The monoisotopic (exact) mass is 611 g/mol. The van der Waals surface area contributed by atoms with Gasteiger partial charge in [-0.1, -0.05) is 30.3 Å². The Morgan fingerprint density at radius 2 is 1.70 bits per heavy atom. The topological polar surface area (TPSA) is 121 Å². The molecule has 44 heavy (non-hydrogen) atoms. The number of carbonyl (C=O) groups is 3. The van der Waals surface area contributed by atoms with E-state index in [0.717, 1.165) is 10.9 Å². The average molecular weight is 612 g/mol. The van der Waals surface area contributed by atoms with Gasteiger partial charge in [-0.25, -0.2) is 4.79 Å². The van der Waals surface area contributed by atoms with Crippen molar-refractivity contribution in [3.8, 4) is 5.75 Å². The maximum Gasteiger partial charge on any atom is 0.412 e. The fraction of sp³-hybridized carbons (Fsp3) is 0.206. The number of aromatic hydroxyl groups is 1. The van der Waals surface area contributed by atoms with Crippen LogP contribution >= 0.6 is 11.6 Å². The average Bonchev–Trinajstić information content (AvgIpc) is 3.57. The van der Waals surface area contributed by atoms with Crippen LogP contribution in [0, 0.1) is 0 Å². The molecule has 0 aliphatic carbocycles. The first-order valence-electron chi connectivity index (χ1n) is 14.1. The lowest BCUT2D eigenvalue weighted by molar-refractivity contribution is 0.0635. The number of hydrogen-bond acceptors (Lipinski definition) is 6. The van der Waals surface area contributed by atoms with E-state index in [1.165, 1.54) is 0 Å². The summed E-state index contributed by atoms with van der Waals surface area (Å²) in [4.78, 5) is 40.5. The van der Waals surface area contributed by atoms with Gasteiger partial charge in [0.25, 0.3) is 11.8 Å². The molecule has 0 unspecified atom stereocenters. The molecule has 224 valence electrons. The van der Waals surface area contributed by atoms with Crippen LogP contribution in [-0.2, 0) is 4.74 Å². The van der Waals surface area contributed by atoms with Crippen LogP contribution in [0.15, 0.2) is 83.3 Å². The van der Waals surface area contributed by atoms with Crippen molar-refractivity contribution in [1.29, 1.82) is 0 Å². The third kappa shape index (κ3) is 5.66. The highest BCUT2D eigenvalue weighted by Gasteiger charge is 2.36. The van der Waals surface area contributed by atoms with Crippen LogP contribution in [0.4, 0.5) is 21.9 Å². The van der Waals surface area contributed by atoms with E-state index in [9.17, 15) is 19.5 Å². The third-order valence-corrected chi connectivity index (χ3v) is 7.70. The highest BCUT2D eigenvalue weighted by Crippen LogP contribution is 2.45. The van der Waals surface area contributed by atoms with Crippen LogP contribution < -0.4 is 15.5 Å². The van der Waals surface area contributed by atoms with Gasteiger partial charge in [0.2, 0.25) is 0 Å². The predicted octanol–water partition coefficient (Wildman–Crippen LogP) is 7.87. The number of alkyl halides is 1. The molecule has 3 N–H and O–H groups in total. The number of benzene rings is 4. The summed E-state index contributed by atoms with van der Waals surface area (Å²) in [5.74, 6) is -0.323. The van der Waals surface area contributed by atoms with Gasteiger partial charge >= 0.3 is 6.09 Å². The molecule has 0 saturated heterocycles. The minimum atomic E-state index is -0.654. The second-order valence-corrected chi connectivity index (χ2v) is 12.0. The molecule has 0 spiro atoms. The predicted molar refractivity (Wildman–Crippen MR) is 171 cm³/mol. The number of ether oxygens (including phenoxy) is 1. The van der Waals surface area contributed by atoms with E-state index in [4.69, 9.17) is 20.8 Å². The zero-order valence-corrected chi connectivity index (χ0v) is 25.1. The van der Waals surface area contributed by atoms with Gasteiger partial charge in [-0.3, -0.25) is 14.9 Å². The quantitative estimate of drug-likeness (QED) is 0.174. The second-order valence-electron chi connectivity index (χ2n) is 11.7. The number of furan rings is 1. The summed E-state index contributed by atoms with van der Waals surface area (Å²) < 4.78 is 11.2. The number of fused-ring (bicyclic) bond motifs is 4. The molecule has 5 aromatic rings. The molecular weight excluding hydrogens is 582 g/mol. The first kappa shape index (κ1) is 29.1. The number of phenolic OH excluding ortho intramolecular Hbond substituents is 1. The van der Waals surface area contributed by atoms with E-state index in [2.05, 4.69) is 10.6 Å². The molecular formula is C34H30ClN3O6. The molecule has 1 aliphatic rings. The first-order valence-corrected chi connectivity index (χ1v) is 14.6. The standard InChI is InChI=1S/C34H30ClN3O6/c1-34(2,3)44-33(42)37-22-8-6-7-19(13-22)31(40)36-23-11-12-28-20(14-23)15-29(43-28)32(41)38-18-21(17-35)30-25-10-5-4-9-24(25)27(39)16-26(30)38/h4-16,21,39H,17-18H2,1-3H3,(H,36,40)(H,37,42)/t21-/m1/s1. The molecule has 1 aliphatic heterocycles. The minimum absolute atomic E-state index is 0.0866. The second kappa shape index (κ2) is 11.2. The van der Waals surface area contributed by atoms with Crippen molar-refractivity contribution in [3.05, 3.63) is 95.7 Å². The molecule has 1 aromatic heterocycles. The fourth-order valence-corrected chi connectivity index (χ4v) is 5.72. The van der Waals surface area contributed by atoms with Crippen molar-refractivity contribution in [3.63, 3.8) is 0 Å². The van der Waals surface area contributed by atoms with Gasteiger partial charge in [0.1, 0.15) is 16.9 Å². The smallest absolute Gasteiger partial charge is 0.412 e. The number of nitrogens with one attached hydrogen (secondary N) is 2. The number of carbonyl (C=O) groups excluding carboxylic acids is 3. The fourth-order valence-electron chi connectivity index (χ4n) is 5.47. The molecule has 3 amide bonds. The van der Waals surface area contributed by atoms with Crippen LogP contribution in [0.3, 0.4) is 0 Å². The van der Waals surface area contributed by atoms with Gasteiger partial charge in [-0.15, -0.1) is 11.6 Å². The van der Waals surface area contributed by atoms with E-state index >= 15 is 0 Å². The van der Waals surface area contributed by atoms with Crippen molar-refractivity contribution >= 4 is 68.3 Å². The lowest BCUT2D eigenvalue weighted by Crippen LogP contribution is -2.29. The molecule has 10 heteroatoms. The van der Waals surface area contributed by atoms with E-state index in [0.29, 0.717) is 51.4 Å². The highest BCUT2D eigenvalue weighted by atomic mass is 35.5. The summed E-state index contributed by atoms with van der Waals surface area (Å²) in [6.07, 6.45) is -0.619. The van der Waals surface area contributed by atoms with Gasteiger partial charge in [0.05, 0.1) is 5.69 Å². The maximum absolute atomic E-state index is 13.7. The van der Waals surface area contributed by atoms with Crippen molar-refractivity contribution in [2.75, 3.05) is 28.0 Å². The zero-order chi connectivity index (χ0) is 31.2. The third-order valence-electron chi connectivity index (χ3n) is 7.33. The summed E-state index contributed by atoms with van der Waals surface area (Å²) >= 11 is 6.33. The summed E-state index contributed by atoms with van der Waals surface area (Å²) in [6, 6.07) is 22.3. The van der Waals surface area contributed by atoms with Crippen LogP contribution in [0.25, 0.3) is 21.7 Å². The molecule has 1 atom stereocenters. The molecule has 0 saturated carbocycles. The van der Waals surface area contributed by atoms with E-state index in [1.807, 2.05) is 24.3 Å². The van der Waals surface area contributed by atoms with Crippen molar-refractivity contribution < 1.29 is 28.6 Å². The number of halogens is 1. The Balaban J connectivity index is 1.21. The SMILES string of the molecule is CC(C)(C)OC(=O)Nc1cccc(C(=O)Nc2ccc3oc(C(=O)N4C[C@@H](CCl)c5c4cc(O)c4ccccc54)cc3c2)c1. The Labute approximate surface area is 258 Å². The Bertz CT molecular complexity index is 1940. The van der Waals surface area contributed by atoms with Crippen molar-refractivity contribution in [2.24, 2.45) is 0 Å². The number of phenols is 1. The summed E-state index contributed by atoms with van der Waals surface area (Å²) in [5.41, 5.74) is 2.60. The maximum atomic E-state index is 13.7. The van der Waals surface area contributed by atoms with E-state index in [-0.39, 0.29) is 29.2 Å². The van der Waals surface area contributed by atoms with Crippen molar-refractivity contribution in [1.82, 2.24) is 0 Å². The van der Waals surface area contributed by atoms with Gasteiger partial charge in [0, 0.05) is 52.1 Å². The number of hydrogen-bond donors (Lipinski definition) is 3. The van der Waals surface area contributed by atoms with E-state index < -0.39 is 11.7 Å². The Morgan fingerprint density at radius 1 is 0.955 bits per heavy atom. The van der Waals surface area contributed by atoms with Crippen LogP contribution in [0.5, 0.6) is 5.75 Å². The molecule has 2 heterocycles. The largest absolute Gasteiger partial charge is 0.507 e. The molecule has 6 rings (SSSR count). The molecule has 9 nitrogen and oxygen atoms in total. The lowest BCUT2D eigenvalue weighted by atomic mass is 9.95. The van der Waals surface area contributed by atoms with Gasteiger partial charge < -0.3 is 24.5 Å². The van der Waals surface area contributed by atoms with Crippen molar-refractivity contribution in [2.45, 2.75) is 32.3 Å². The molecule has 0 radical (unpaired) electrons. The summed E-state index contributed by atoms with van der Waals surface area (Å²) in [6.45, 7) is 5.65. The van der Waals surface area contributed by atoms with Gasteiger partial charge in [-0.05, 0) is 74.2 Å². The molecule has 0 bridgehead atoms. The molecule has 4 aromatic carbocycles. The number of anilines is 3.